The normalized spacial score (nSPS) is 43.9. The fraction of sp³-hybridized carbons (Fsp3) is 1.00. The van der Waals surface area contributed by atoms with Crippen LogP contribution in [-0.4, -0.2) is 36.5 Å². The maximum atomic E-state index is 6.36. The highest BCUT2D eigenvalue weighted by molar-refractivity contribution is 4.81. The Morgan fingerprint density at radius 2 is 1.05 bits per heavy atom. The Bertz CT molecular complexity index is 331. The molecule has 0 heterocycles. The first-order valence-corrected chi connectivity index (χ1v) is 9.51. The minimum Gasteiger partial charge on any atom is -0.375 e. The van der Waals surface area contributed by atoms with Crippen LogP contribution in [-0.2, 0) is 9.47 Å². The van der Waals surface area contributed by atoms with Gasteiger partial charge in [-0.3, -0.25) is 0 Å². The van der Waals surface area contributed by atoms with Gasteiger partial charge >= 0.3 is 0 Å². The molecule has 4 nitrogen and oxygen atoms in total. The van der Waals surface area contributed by atoms with Crippen LogP contribution in [0.4, 0.5) is 0 Å². The topological polar surface area (TPSA) is 70.5 Å². The van der Waals surface area contributed by atoms with E-state index >= 15 is 0 Å². The second kappa shape index (κ2) is 8.09. The van der Waals surface area contributed by atoms with Gasteiger partial charge in [-0.15, -0.1) is 0 Å². The van der Waals surface area contributed by atoms with Crippen LogP contribution >= 0.6 is 0 Å². The first-order valence-electron chi connectivity index (χ1n) is 9.51. The van der Waals surface area contributed by atoms with E-state index in [0.29, 0.717) is 36.5 Å². The van der Waals surface area contributed by atoms with Crippen molar-refractivity contribution in [3.8, 4) is 0 Å². The van der Waals surface area contributed by atoms with E-state index in [-0.39, 0.29) is 0 Å². The zero-order valence-electron chi connectivity index (χ0n) is 13.9. The molecule has 0 spiro atoms. The molecular weight excluding hydrogens is 276 g/mol. The predicted octanol–water partition coefficient (Wildman–Crippen LogP) is 2.87. The Balaban J connectivity index is 1.41. The van der Waals surface area contributed by atoms with E-state index in [2.05, 4.69) is 0 Å². The van der Waals surface area contributed by atoms with E-state index in [1.54, 1.807) is 0 Å². The van der Waals surface area contributed by atoms with E-state index in [1.165, 1.54) is 38.5 Å². The van der Waals surface area contributed by atoms with Gasteiger partial charge in [-0.05, 0) is 77.0 Å². The molecule has 4 unspecified atom stereocenters. The highest BCUT2D eigenvalue weighted by Crippen LogP contribution is 2.31. The van der Waals surface area contributed by atoms with Gasteiger partial charge in [0, 0.05) is 12.1 Å². The van der Waals surface area contributed by atoms with Gasteiger partial charge in [0.1, 0.15) is 0 Å². The molecule has 4 N–H and O–H groups in total. The third-order valence-corrected chi connectivity index (χ3v) is 5.73. The average molecular weight is 310 g/mol. The molecule has 3 aliphatic carbocycles. The van der Waals surface area contributed by atoms with Crippen molar-refractivity contribution in [3.05, 3.63) is 0 Å². The van der Waals surface area contributed by atoms with Crippen LogP contribution in [0.25, 0.3) is 0 Å². The molecule has 0 aromatic rings. The van der Waals surface area contributed by atoms with Gasteiger partial charge in [0.05, 0.1) is 24.4 Å². The van der Waals surface area contributed by atoms with Crippen molar-refractivity contribution in [3.63, 3.8) is 0 Å². The highest BCUT2D eigenvalue weighted by Gasteiger charge is 2.30. The van der Waals surface area contributed by atoms with Crippen molar-refractivity contribution in [2.45, 2.75) is 114 Å². The minimum atomic E-state index is 0.348. The van der Waals surface area contributed by atoms with E-state index in [0.717, 1.165) is 38.5 Å². The molecule has 0 aromatic carbocycles. The summed E-state index contributed by atoms with van der Waals surface area (Å²) >= 11 is 0. The molecule has 4 atom stereocenters. The predicted molar refractivity (Wildman–Crippen MR) is 88.7 cm³/mol. The molecule has 128 valence electrons. The lowest BCUT2D eigenvalue weighted by atomic mass is 9.90. The first kappa shape index (κ1) is 16.7. The van der Waals surface area contributed by atoms with Crippen molar-refractivity contribution < 1.29 is 9.47 Å². The van der Waals surface area contributed by atoms with Gasteiger partial charge in [0.15, 0.2) is 0 Å². The molecule has 22 heavy (non-hydrogen) atoms. The number of ether oxygens (including phenoxy) is 2. The Hall–Kier alpha value is -0.160. The third kappa shape index (κ3) is 4.92. The monoisotopic (exact) mass is 310 g/mol. The summed E-state index contributed by atoms with van der Waals surface area (Å²) in [4.78, 5) is 0. The summed E-state index contributed by atoms with van der Waals surface area (Å²) in [5, 5.41) is 0. The van der Waals surface area contributed by atoms with Gasteiger partial charge in [0.2, 0.25) is 0 Å². The summed E-state index contributed by atoms with van der Waals surface area (Å²) in [6.45, 7) is 0. The van der Waals surface area contributed by atoms with Gasteiger partial charge in [-0.2, -0.15) is 0 Å². The Morgan fingerprint density at radius 3 is 1.68 bits per heavy atom. The summed E-state index contributed by atoms with van der Waals surface area (Å²) in [5.41, 5.74) is 12.1. The highest BCUT2D eigenvalue weighted by atomic mass is 16.5. The summed E-state index contributed by atoms with van der Waals surface area (Å²) in [6, 6.07) is 0.749. The van der Waals surface area contributed by atoms with Crippen molar-refractivity contribution >= 4 is 0 Å². The second-order valence-corrected chi connectivity index (χ2v) is 7.77. The lowest BCUT2D eigenvalue weighted by Crippen LogP contribution is -2.38. The maximum absolute atomic E-state index is 6.36. The summed E-state index contributed by atoms with van der Waals surface area (Å²) in [6.07, 6.45) is 15.5. The molecule has 0 radical (unpaired) electrons. The third-order valence-electron chi connectivity index (χ3n) is 5.73. The zero-order valence-corrected chi connectivity index (χ0v) is 13.9. The fourth-order valence-electron chi connectivity index (χ4n) is 4.42. The van der Waals surface area contributed by atoms with Crippen molar-refractivity contribution in [2.75, 3.05) is 0 Å². The van der Waals surface area contributed by atoms with Crippen molar-refractivity contribution in [2.24, 2.45) is 11.5 Å². The number of nitrogens with two attached hydrogens (primary N) is 2. The van der Waals surface area contributed by atoms with E-state index in [4.69, 9.17) is 20.9 Å². The molecule has 0 aromatic heterocycles. The zero-order chi connectivity index (χ0) is 15.4. The molecular formula is C18H34N2O2. The van der Waals surface area contributed by atoms with Crippen molar-refractivity contribution in [1.29, 1.82) is 0 Å². The van der Waals surface area contributed by atoms with Gasteiger partial charge < -0.3 is 20.9 Å². The van der Waals surface area contributed by atoms with E-state index < -0.39 is 0 Å². The van der Waals surface area contributed by atoms with E-state index in [1.807, 2.05) is 0 Å². The minimum absolute atomic E-state index is 0.348. The number of rotatable bonds is 4. The Kier molecular flexibility index (Phi) is 6.14. The largest absolute Gasteiger partial charge is 0.375 e. The lowest BCUT2D eigenvalue weighted by molar-refractivity contribution is -0.106. The smallest absolute Gasteiger partial charge is 0.0603 e. The SMILES string of the molecule is NC1CCC(OC2CCCC(OC3CCCC(N)C3)C2)CC1. The van der Waals surface area contributed by atoms with Crippen LogP contribution in [0.2, 0.25) is 0 Å². The summed E-state index contributed by atoms with van der Waals surface area (Å²) < 4.78 is 12.7. The molecule has 0 amide bonds. The van der Waals surface area contributed by atoms with E-state index in [9.17, 15) is 0 Å². The van der Waals surface area contributed by atoms with Gasteiger partial charge in [-0.25, -0.2) is 0 Å². The summed E-state index contributed by atoms with van der Waals surface area (Å²) in [7, 11) is 0. The molecule has 0 bridgehead atoms. The molecule has 3 saturated carbocycles. The van der Waals surface area contributed by atoms with Crippen LogP contribution in [0.15, 0.2) is 0 Å². The Labute approximate surface area is 135 Å². The molecule has 0 aliphatic heterocycles. The average Bonchev–Trinajstić information content (AvgIpc) is 2.50. The standard InChI is InChI=1S/C18H34N2O2/c19-13-7-9-15(10-8-13)21-17-5-2-6-18(12-17)22-16-4-1-3-14(20)11-16/h13-18H,1-12,19-20H2. The molecule has 3 aliphatic rings. The molecule has 0 saturated heterocycles. The number of hydrogen-bond acceptors (Lipinski definition) is 4. The van der Waals surface area contributed by atoms with Crippen LogP contribution in [0, 0.1) is 0 Å². The maximum Gasteiger partial charge on any atom is 0.0603 e. The van der Waals surface area contributed by atoms with Crippen molar-refractivity contribution in [1.82, 2.24) is 0 Å². The molecule has 4 heteroatoms. The quantitative estimate of drug-likeness (QED) is 0.837. The van der Waals surface area contributed by atoms with Gasteiger partial charge in [0.25, 0.3) is 0 Å². The van der Waals surface area contributed by atoms with Gasteiger partial charge in [-0.1, -0.05) is 0 Å². The van der Waals surface area contributed by atoms with Crippen LogP contribution in [0.3, 0.4) is 0 Å². The second-order valence-electron chi connectivity index (χ2n) is 7.77. The van der Waals surface area contributed by atoms with Crippen LogP contribution < -0.4 is 11.5 Å². The Morgan fingerprint density at radius 1 is 0.500 bits per heavy atom. The van der Waals surface area contributed by atoms with Crippen LogP contribution in [0.1, 0.15) is 77.0 Å². The number of hydrogen-bond donors (Lipinski definition) is 2. The fourth-order valence-corrected chi connectivity index (χ4v) is 4.42. The summed E-state index contributed by atoms with van der Waals surface area (Å²) in [5.74, 6) is 0. The van der Waals surface area contributed by atoms with Crippen LogP contribution in [0.5, 0.6) is 0 Å². The molecule has 3 fully saturated rings. The first-order chi connectivity index (χ1) is 10.7. The lowest BCUT2D eigenvalue weighted by Gasteiger charge is -2.37. The molecule has 3 rings (SSSR count).